The van der Waals surface area contributed by atoms with Crippen LogP contribution in [0.25, 0.3) is 0 Å². The van der Waals surface area contributed by atoms with E-state index in [9.17, 15) is 9.59 Å². The molecule has 19 heavy (non-hydrogen) atoms. The highest BCUT2D eigenvalue weighted by atomic mass is 16.5. The average molecular weight is 260 g/mol. The molecule has 0 N–H and O–H groups in total. The molecular formula is C16H20O3. The van der Waals surface area contributed by atoms with Crippen LogP contribution in [-0.2, 0) is 16.0 Å². The molecule has 0 heterocycles. The van der Waals surface area contributed by atoms with Gasteiger partial charge in [-0.05, 0) is 25.3 Å². The summed E-state index contributed by atoms with van der Waals surface area (Å²) in [7, 11) is 0. The van der Waals surface area contributed by atoms with E-state index in [1.807, 2.05) is 25.1 Å². The van der Waals surface area contributed by atoms with E-state index < -0.39 is 11.9 Å². The van der Waals surface area contributed by atoms with Crippen LogP contribution >= 0.6 is 0 Å². The lowest BCUT2D eigenvalue weighted by Crippen LogP contribution is -2.26. The highest BCUT2D eigenvalue weighted by molar-refractivity contribution is 6.09. The Hall–Kier alpha value is -1.90. The van der Waals surface area contributed by atoms with Crippen molar-refractivity contribution in [2.24, 2.45) is 5.92 Å². The molecule has 0 spiro atoms. The van der Waals surface area contributed by atoms with Gasteiger partial charge in [0, 0.05) is 5.56 Å². The molecule has 3 heteroatoms. The lowest BCUT2D eigenvalue weighted by atomic mass is 9.91. The van der Waals surface area contributed by atoms with Gasteiger partial charge in [-0.25, -0.2) is 0 Å². The molecule has 0 saturated carbocycles. The second-order valence-electron chi connectivity index (χ2n) is 4.20. The van der Waals surface area contributed by atoms with Crippen molar-refractivity contribution in [3.05, 3.63) is 48.0 Å². The molecule has 0 saturated heterocycles. The summed E-state index contributed by atoms with van der Waals surface area (Å²) in [6.07, 6.45) is 2.63. The molecule has 102 valence electrons. The first-order valence-electron chi connectivity index (χ1n) is 6.55. The van der Waals surface area contributed by atoms with Gasteiger partial charge in [-0.2, -0.15) is 0 Å². The van der Waals surface area contributed by atoms with Gasteiger partial charge in [-0.3, -0.25) is 9.59 Å². The highest BCUT2D eigenvalue weighted by Gasteiger charge is 2.28. The Kier molecular flexibility index (Phi) is 6.00. The van der Waals surface area contributed by atoms with E-state index in [-0.39, 0.29) is 12.4 Å². The minimum absolute atomic E-state index is 0.184. The minimum Gasteiger partial charge on any atom is -0.465 e. The van der Waals surface area contributed by atoms with E-state index in [2.05, 4.69) is 6.58 Å². The van der Waals surface area contributed by atoms with Crippen LogP contribution in [0.2, 0.25) is 0 Å². The summed E-state index contributed by atoms with van der Waals surface area (Å²) < 4.78 is 4.97. The van der Waals surface area contributed by atoms with Gasteiger partial charge < -0.3 is 4.74 Å². The minimum atomic E-state index is -0.787. The predicted molar refractivity (Wildman–Crippen MR) is 75.1 cm³/mol. The fourth-order valence-corrected chi connectivity index (χ4v) is 1.98. The number of carbonyl (C=O) groups is 2. The van der Waals surface area contributed by atoms with Crippen molar-refractivity contribution in [1.29, 1.82) is 0 Å². The average Bonchev–Trinajstić information content (AvgIpc) is 2.44. The molecule has 0 fully saturated rings. The second-order valence-corrected chi connectivity index (χ2v) is 4.20. The SMILES string of the molecule is C=CCC(C(=O)OCC)C(=O)c1ccccc1CC. The number of hydrogen-bond acceptors (Lipinski definition) is 3. The summed E-state index contributed by atoms with van der Waals surface area (Å²) in [5, 5.41) is 0. The molecule has 0 aromatic heterocycles. The van der Waals surface area contributed by atoms with Crippen molar-refractivity contribution in [3.8, 4) is 0 Å². The largest absolute Gasteiger partial charge is 0.465 e. The first-order valence-corrected chi connectivity index (χ1v) is 6.55. The summed E-state index contributed by atoms with van der Waals surface area (Å²) in [5.74, 6) is -1.45. The normalized spacial score (nSPS) is 11.7. The highest BCUT2D eigenvalue weighted by Crippen LogP contribution is 2.19. The van der Waals surface area contributed by atoms with Gasteiger partial charge >= 0.3 is 5.97 Å². The second kappa shape index (κ2) is 7.52. The van der Waals surface area contributed by atoms with Crippen LogP contribution in [0.1, 0.15) is 36.2 Å². The molecule has 1 rings (SSSR count). The lowest BCUT2D eigenvalue weighted by Gasteiger charge is -2.14. The van der Waals surface area contributed by atoms with Gasteiger partial charge in [0.15, 0.2) is 5.78 Å². The van der Waals surface area contributed by atoms with Crippen LogP contribution in [0.4, 0.5) is 0 Å². The summed E-state index contributed by atoms with van der Waals surface area (Å²) in [5.41, 5.74) is 1.55. The molecule has 0 aliphatic heterocycles. The lowest BCUT2D eigenvalue weighted by molar-refractivity contribution is -0.146. The van der Waals surface area contributed by atoms with Crippen molar-refractivity contribution in [2.75, 3.05) is 6.61 Å². The van der Waals surface area contributed by atoms with Crippen molar-refractivity contribution in [2.45, 2.75) is 26.7 Å². The molecule has 0 amide bonds. The Morgan fingerprint density at radius 2 is 2.00 bits per heavy atom. The Morgan fingerprint density at radius 3 is 2.58 bits per heavy atom. The van der Waals surface area contributed by atoms with Gasteiger partial charge in [0.1, 0.15) is 5.92 Å². The number of hydrogen-bond donors (Lipinski definition) is 0. The number of rotatable bonds is 7. The van der Waals surface area contributed by atoms with Crippen LogP contribution in [0.3, 0.4) is 0 Å². The maximum atomic E-state index is 12.5. The van der Waals surface area contributed by atoms with Gasteiger partial charge in [-0.1, -0.05) is 37.3 Å². The maximum absolute atomic E-state index is 12.5. The Morgan fingerprint density at radius 1 is 1.32 bits per heavy atom. The zero-order chi connectivity index (χ0) is 14.3. The van der Waals surface area contributed by atoms with Crippen molar-refractivity contribution < 1.29 is 14.3 Å². The van der Waals surface area contributed by atoms with E-state index in [1.54, 1.807) is 19.1 Å². The molecule has 1 aromatic carbocycles. The third kappa shape index (κ3) is 3.78. The molecule has 0 aliphatic carbocycles. The van der Waals surface area contributed by atoms with Crippen molar-refractivity contribution in [1.82, 2.24) is 0 Å². The topological polar surface area (TPSA) is 43.4 Å². The first kappa shape index (κ1) is 15.2. The van der Waals surface area contributed by atoms with Gasteiger partial charge in [0.2, 0.25) is 0 Å². The van der Waals surface area contributed by atoms with Crippen LogP contribution < -0.4 is 0 Å². The van der Waals surface area contributed by atoms with E-state index in [4.69, 9.17) is 4.74 Å². The number of carbonyl (C=O) groups excluding carboxylic acids is 2. The van der Waals surface area contributed by atoms with E-state index >= 15 is 0 Å². The fraction of sp³-hybridized carbons (Fsp3) is 0.375. The Bertz CT molecular complexity index is 463. The molecule has 0 radical (unpaired) electrons. The Balaban J connectivity index is 3.05. The number of ketones is 1. The smallest absolute Gasteiger partial charge is 0.317 e. The van der Waals surface area contributed by atoms with Crippen LogP contribution in [0.15, 0.2) is 36.9 Å². The zero-order valence-corrected chi connectivity index (χ0v) is 11.5. The van der Waals surface area contributed by atoms with Crippen LogP contribution in [-0.4, -0.2) is 18.4 Å². The summed E-state index contributed by atoms with van der Waals surface area (Å²) >= 11 is 0. The van der Waals surface area contributed by atoms with E-state index in [0.29, 0.717) is 12.0 Å². The fourth-order valence-electron chi connectivity index (χ4n) is 1.98. The zero-order valence-electron chi connectivity index (χ0n) is 11.5. The maximum Gasteiger partial charge on any atom is 0.317 e. The van der Waals surface area contributed by atoms with Gasteiger partial charge in [-0.15, -0.1) is 6.58 Å². The number of Topliss-reactive ketones (excluding diaryl/α,β-unsaturated/α-hetero) is 1. The number of allylic oxidation sites excluding steroid dienone is 1. The van der Waals surface area contributed by atoms with Crippen LogP contribution in [0.5, 0.6) is 0 Å². The summed E-state index contributed by atoms with van der Waals surface area (Å²) in [4.78, 5) is 24.3. The number of aryl methyl sites for hydroxylation is 1. The number of ether oxygens (including phenoxy) is 1. The molecule has 1 aromatic rings. The quantitative estimate of drug-likeness (QED) is 0.327. The van der Waals surface area contributed by atoms with Crippen molar-refractivity contribution >= 4 is 11.8 Å². The molecule has 1 atom stereocenters. The molecule has 3 nitrogen and oxygen atoms in total. The molecule has 1 unspecified atom stereocenters. The molecule has 0 bridgehead atoms. The van der Waals surface area contributed by atoms with Crippen molar-refractivity contribution in [3.63, 3.8) is 0 Å². The third-order valence-corrected chi connectivity index (χ3v) is 2.95. The predicted octanol–water partition coefficient (Wildman–Crippen LogP) is 3.19. The number of esters is 1. The third-order valence-electron chi connectivity index (χ3n) is 2.95. The van der Waals surface area contributed by atoms with Crippen LogP contribution in [0, 0.1) is 5.92 Å². The Labute approximate surface area is 114 Å². The van der Waals surface area contributed by atoms with E-state index in [0.717, 1.165) is 12.0 Å². The van der Waals surface area contributed by atoms with Gasteiger partial charge in [0.25, 0.3) is 0 Å². The molecular weight excluding hydrogens is 240 g/mol. The standard InChI is InChI=1S/C16H20O3/c1-4-9-14(16(18)19-6-3)15(17)13-11-8-7-10-12(13)5-2/h4,7-8,10-11,14H,1,5-6,9H2,2-3H3. The number of benzene rings is 1. The summed E-state index contributed by atoms with van der Waals surface area (Å²) in [6.45, 7) is 7.59. The summed E-state index contributed by atoms with van der Waals surface area (Å²) in [6, 6.07) is 7.37. The van der Waals surface area contributed by atoms with Gasteiger partial charge in [0.05, 0.1) is 6.61 Å². The van der Waals surface area contributed by atoms with E-state index in [1.165, 1.54) is 0 Å². The monoisotopic (exact) mass is 260 g/mol. The first-order chi connectivity index (χ1) is 9.15. The molecule has 0 aliphatic rings.